The first-order chi connectivity index (χ1) is 13.2. The van der Waals surface area contributed by atoms with E-state index in [4.69, 9.17) is 4.74 Å². The number of likely N-dealkylation sites (N-methyl/N-ethyl adjacent to an activating group) is 1. The molecule has 0 heterocycles. The number of benzene rings is 2. The molecule has 1 N–H and O–H groups in total. The second-order valence-electron chi connectivity index (χ2n) is 6.29. The number of carbonyl (C=O) groups is 1. The molecule has 0 saturated carbocycles. The minimum absolute atomic E-state index is 0.103. The summed E-state index contributed by atoms with van der Waals surface area (Å²) in [7, 11) is 0.660. The minimum Gasteiger partial charge on any atom is -0.497 e. The molecule has 152 valence electrons. The molecule has 0 aromatic heterocycles. The van der Waals surface area contributed by atoms with Gasteiger partial charge in [-0.2, -0.15) is 8.78 Å². The van der Waals surface area contributed by atoms with Crippen LogP contribution in [0.5, 0.6) is 5.75 Å². The highest BCUT2D eigenvalue weighted by atomic mass is 32.2. The van der Waals surface area contributed by atoms with Gasteiger partial charge in [-0.25, -0.2) is 8.42 Å². The van der Waals surface area contributed by atoms with E-state index in [-0.39, 0.29) is 11.6 Å². The second kappa shape index (κ2) is 9.11. The number of amides is 1. The number of hydrogen-bond donors (Lipinski definition) is 1. The topological polar surface area (TPSA) is 75.7 Å². The fraction of sp³-hybridized carbons (Fsp3) is 0.316. The molecule has 0 bridgehead atoms. The normalized spacial score (nSPS) is 12.8. The molecule has 0 spiro atoms. The molecule has 0 aliphatic heterocycles. The van der Waals surface area contributed by atoms with E-state index >= 15 is 0 Å². The lowest BCUT2D eigenvalue weighted by atomic mass is 10.1. The Labute approximate surface area is 163 Å². The maximum atomic E-state index is 12.6. The summed E-state index contributed by atoms with van der Waals surface area (Å²) in [6, 6.07) is 11.8. The van der Waals surface area contributed by atoms with Crippen LogP contribution in [-0.4, -0.2) is 52.7 Å². The first-order valence-corrected chi connectivity index (χ1v) is 9.92. The van der Waals surface area contributed by atoms with Crippen LogP contribution in [0.25, 0.3) is 0 Å². The molecule has 1 unspecified atom stereocenters. The number of methoxy groups -OCH3 is 1. The second-order valence-corrected chi connectivity index (χ2v) is 8.21. The molecular weight excluding hydrogens is 390 g/mol. The predicted molar refractivity (Wildman–Crippen MR) is 101 cm³/mol. The molecule has 1 atom stereocenters. The van der Waals surface area contributed by atoms with Crippen molar-refractivity contribution in [1.29, 1.82) is 0 Å². The number of halogens is 2. The van der Waals surface area contributed by atoms with Gasteiger partial charge in [-0.05, 0) is 56.1 Å². The molecule has 1 amide bonds. The molecule has 2 rings (SSSR count). The lowest BCUT2D eigenvalue weighted by Gasteiger charge is -2.25. The van der Waals surface area contributed by atoms with Gasteiger partial charge in [0.2, 0.25) is 9.84 Å². The predicted octanol–water partition coefficient (Wildman–Crippen LogP) is 2.72. The summed E-state index contributed by atoms with van der Waals surface area (Å²) in [4.78, 5) is 13.8. The fourth-order valence-corrected chi connectivity index (χ4v) is 3.34. The fourth-order valence-electron chi connectivity index (χ4n) is 2.61. The largest absolute Gasteiger partial charge is 0.497 e. The van der Waals surface area contributed by atoms with Crippen LogP contribution in [0.15, 0.2) is 53.4 Å². The molecule has 28 heavy (non-hydrogen) atoms. The highest BCUT2D eigenvalue weighted by molar-refractivity contribution is 7.91. The van der Waals surface area contributed by atoms with E-state index in [0.717, 1.165) is 23.4 Å². The van der Waals surface area contributed by atoms with E-state index in [0.29, 0.717) is 6.54 Å². The average Bonchev–Trinajstić information content (AvgIpc) is 2.68. The molecule has 2 aromatic carbocycles. The van der Waals surface area contributed by atoms with Crippen molar-refractivity contribution < 1.29 is 26.7 Å². The molecule has 0 aliphatic rings. The minimum atomic E-state index is -4.68. The zero-order chi connectivity index (χ0) is 20.9. The maximum Gasteiger partial charge on any atom is 0.341 e. The van der Waals surface area contributed by atoms with E-state index in [9.17, 15) is 22.0 Å². The smallest absolute Gasteiger partial charge is 0.341 e. The van der Waals surface area contributed by atoms with Crippen molar-refractivity contribution in [3.63, 3.8) is 0 Å². The van der Waals surface area contributed by atoms with Gasteiger partial charge in [-0.3, -0.25) is 4.79 Å². The number of carbonyl (C=O) groups excluding carboxylic acids is 1. The number of hydrogen-bond acceptors (Lipinski definition) is 5. The first-order valence-electron chi connectivity index (χ1n) is 8.37. The van der Waals surface area contributed by atoms with Crippen molar-refractivity contribution in [1.82, 2.24) is 10.2 Å². The van der Waals surface area contributed by atoms with E-state index in [1.54, 1.807) is 7.11 Å². The third-order valence-electron chi connectivity index (χ3n) is 4.26. The number of nitrogens with one attached hydrogen (secondary N) is 1. The van der Waals surface area contributed by atoms with Crippen molar-refractivity contribution >= 4 is 15.7 Å². The van der Waals surface area contributed by atoms with Crippen LogP contribution in [0.1, 0.15) is 22.0 Å². The summed E-state index contributed by atoms with van der Waals surface area (Å²) in [6.07, 6.45) is 0. The van der Waals surface area contributed by atoms with Crippen LogP contribution >= 0.6 is 0 Å². The molecule has 6 nitrogen and oxygen atoms in total. The van der Waals surface area contributed by atoms with Gasteiger partial charge in [0, 0.05) is 12.1 Å². The highest BCUT2D eigenvalue weighted by Gasteiger charge is 2.26. The molecule has 0 aliphatic carbocycles. The quantitative estimate of drug-likeness (QED) is 0.722. The molecule has 0 radical (unpaired) electrons. The highest BCUT2D eigenvalue weighted by Crippen LogP contribution is 2.21. The van der Waals surface area contributed by atoms with Crippen LogP contribution in [0.3, 0.4) is 0 Å². The zero-order valence-corrected chi connectivity index (χ0v) is 16.5. The molecular formula is C19H22F2N2O4S. The Kier molecular flexibility index (Phi) is 7.09. The van der Waals surface area contributed by atoms with Gasteiger partial charge < -0.3 is 15.0 Å². The number of rotatable bonds is 8. The summed E-state index contributed by atoms with van der Waals surface area (Å²) < 4.78 is 53.2. The van der Waals surface area contributed by atoms with Crippen molar-refractivity contribution in [3.05, 3.63) is 59.7 Å². The van der Waals surface area contributed by atoms with Gasteiger partial charge in [-0.1, -0.05) is 12.1 Å². The third-order valence-corrected chi connectivity index (χ3v) is 5.66. The van der Waals surface area contributed by atoms with Crippen LogP contribution in [0, 0.1) is 0 Å². The van der Waals surface area contributed by atoms with Gasteiger partial charge in [0.15, 0.2) is 0 Å². The third kappa shape index (κ3) is 5.05. The average molecular weight is 412 g/mol. The molecule has 0 saturated heterocycles. The van der Waals surface area contributed by atoms with Gasteiger partial charge in [0.05, 0.1) is 18.0 Å². The Balaban J connectivity index is 2.08. The number of sulfone groups is 1. The van der Waals surface area contributed by atoms with Crippen molar-refractivity contribution in [2.24, 2.45) is 0 Å². The summed E-state index contributed by atoms with van der Waals surface area (Å²) >= 11 is 0. The Morgan fingerprint density at radius 2 is 1.64 bits per heavy atom. The Morgan fingerprint density at radius 1 is 1.07 bits per heavy atom. The summed E-state index contributed by atoms with van der Waals surface area (Å²) in [5.41, 5.74) is 1.16. The van der Waals surface area contributed by atoms with E-state index in [1.807, 2.05) is 43.3 Å². The van der Waals surface area contributed by atoms with Gasteiger partial charge in [-0.15, -0.1) is 0 Å². The zero-order valence-electron chi connectivity index (χ0n) is 15.7. The maximum absolute atomic E-state index is 12.6. The standard InChI is InChI=1S/C19H22F2N2O4S/c1-23(2)17(13-4-8-15(27-3)9-5-13)12-22-18(24)14-6-10-16(11-7-14)28(25,26)19(20)21/h4-11,17,19H,12H2,1-3H3,(H,22,24). The Bertz CT molecular complexity index is 899. The van der Waals surface area contributed by atoms with E-state index in [1.165, 1.54) is 12.1 Å². The summed E-state index contributed by atoms with van der Waals surface area (Å²) in [6.45, 7) is 0.301. The number of ether oxygens (including phenoxy) is 1. The van der Waals surface area contributed by atoms with Gasteiger partial charge in [0.1, 0.15) is 5.75 Å². The summed E-state index contributed by atoms with van der Waals surface area (Å²) in [5, 5.41) is 2.78. The summed E-state index contributed by atoms with van der Waals surface area (Å²) in [5.74, 6) is -3.21. The number of alkyl halides is 2. The van der Waals surface area contributed by atoms with Gasteiger partial charge >= 0.3 is 5.76 Å². The van der Waals surface area contributed by atoms with Crippen LogP contribution in [-0.2, 0) is 9.84 Å². The van der Waals surface area contributed by atoms with E-state index in [2.05, 4.69) is 5.32 Å². The van der Waals surface area contributed by atoms with E-state index < -0.39 is 26.4 Å². The van der Waals surface area contributed by atoms with Crippen LogP contribution in [0.2, 0.25) is 0 Å². The van der Waals surface area contributed by atoms with Gasteiger partial charge in [0.25, 0.3) is 5.91 Å². The molecule has 9 heteroatoms. The van der Waals surface area contributed by atoms with Crippen LogP contribution < -0.4 is 10.1 Å². The first kappa shape index (κ1) is 21.8. The van der Waals surface area contributed by atoms with Crippen molar-refractivity contribution in [2.45, 2.75) is 16.7 Å². The van der Waals surface area contributed by atoms with Crippen molar-refractivity contribution in [2.75, 3.05) is 27.7 Å². The lowest BCUT2D eigenvalue weighted by Crippen LogP contribution is -2.34. The molecule has 2 aromatic rings. The van der Waals surface area contributed by atoms with Crippen molar-refractivity contribution in [3.8, 4) is 5.75 Å². The van der Waals surface area contributed by atoms with Crippen LogP contribution in [0.4, 0.5) is 8.78 Å². The number of nitrogens with zero attached hydrogens (tertiary/aromatic N) is 1. The monoisotopic (exact) mass is 412 g/mol. The Hall–Kier alpha value is -2.52. The lowest BCUT2D eigenvalue weighted by molar-refractivity contribution is 0.0942. The molecule has 0 fully saturated rings. The Morgan fingerprint density at radius 3 is 2.11 bits per heavy atom. The SMILES string of the molecule is COc1ccc(C(CNC(=O)c2ccc(S(=O)(=O)C(F)F)cc2)N(C)C)cc1.